The highest BCUT2D eigenvalue weighted by Gasteiger charge is 2.19. The van der Waals surface area contributed by atoms with Crippen molar-refractivity contribution < 1.29 is 23.5 Å². The first-order valence-electron chi connectivity index (χ1n) is 11.0. The fraction of sp³-hybridized carbons (Fsp3) is 0.148. The van der Waals surface area contributed by atoms with Crippen molar-refractivity contribution in [1.82, 2.24) is 14.7 Å². The lowest BCUT2D eigenvalue weighted by Gasteiger charge is -2.13. The van der Waals surface area contributed by atoms with Crippen molar-refractivity contribution in [3.63, 3.8) is 0 Å². The first-order chi connectivity index (χ1) is 17.6. The molecule has 0 atom stereocenters. The van der Waals surface area contributed by atoms with Crippen molar-refractivity contribution >= 4 is 10.8 Å². The minimum atomic E-state index is -0.193. The van der Waals surface area contributed by atoms with E-state index in [-0.39, 0.29) is 11.4 Å². The van der Waals surface area contributed by atoms with Crippen LogP contribution in [0.15, 0.2) is 76.2 Å². The fourth-order valence-electron chi connectivity index (χ4n) is 4.05. The third kappa shape index (κ3) is 3.90. The molecule has 2 aromatic heterocycles. The summed E-state index contributed by atoms with van der Waals surface area (Å²) in [4.78, 5) is 18.0. The first-order valence-corrected chi connectivity index (χ1v) is 11.0. The Bertz CT molecular complexity index is 1620. The number of methoxy groups -OCH3 is 4. The Morgan fingerprint density at radius 2 is 1.39 bits per heavy atom. The van der Waals surface area contributed by atoms with Crippen LogP contribution in [0.3, 0.4) is 0 Å². The molecule has 5 aromatic rings. The number of nitrogens with zero attached hydrogens (tertiary/aromatic N) is 3. The van der Waals surface area contributed by atoms with Gasteiger partial charge in [-0.25, -0.2) is 0 Å². The van der Waals surface area contributed by atoms with Crippen molar-refractivity contribution in [2.75, 3.05) is 28.4 Å². The average molecular weight is 485 g/mol. The predicted molar refractivity (Wildman–Crippen MR) is 134 cm³/mol. The second kappa shape index (κ2) is 9.46. The van der Waals surface area contributed by atoms with Gasteiger partial charge in [0.05, 0.1) is 39.7 Å². The van der Waals surface area contributed by atoms with Gasteiger partial charge in [0.2, 0.25) is 5.82 Å². The van der Waals surface area contributed by atoms with Gasteiger partial charge in [-0.2, -0.15) is 4.98 Å². The number of hydrogen-bond acceptors (Lipinski definition) is 8. The summed E-state index contributed by atoms with van der Waals surface area (Å²) < 4.78 is 28.7. The van der Waals surface area contributed by atoms with Gasteiger partial charge in [0, 0.05) is 28.6 Å². The zero-order valence-corrected chi connectivity index (χ0v) is 20.1. The highest BCUT2D eigenvalue weighted by atomic mass is 16.5. The van der Waals surface area contributed by atoms with Crippen LogP contribution in [0.2, 0.25) is 0 Å². The predicted octanol–water partition coefficient (Wildman–Crippen LogP) is 4.74. The Morgan fingerprint density at radius 1 is 0.750 bits per heavy atom. The molecule has 0 saturated heterocycles. The Kier molecular flexibility index (Phi) is 6.03. The second-order valence-electron chi connectivity index (χ2n) is 7.80. The Morgan fingerprint density at radius 3 is 2.08 bits per heavy atom. The zero-order valence-electron chi connectivity index (χ0n) is 20.1. The number of rotatable bonds is 7. The van der Waals surface area contributed by atoms with Gasteiger partial charge in [0.1, 0.15) is 0 Å². The molecule has 0 spiro atoms. The molecule has 0 saturated carbocycles. The van der Waals surface area contributed by atoms with Gasteiger partial charge in [0.15, 0.2) is 23.0 Å². The SMILES string of the molecule is COc1ccc(-c2noc(-c3cn(-c4ccc(OC)c(OC)c4)c(=O)c4ccccc34)n2)cc1OC. The molecule has 0 N–H and O–H groups in total. The van der Waals surface area contributed by atoms with E-state index in [9.17, 15) is 4.79 Å². The molecule has 36 heavy (non-hydrogen) atoms. The number of benzene rings is 3. The molecular formula is C27H23N3O6. The largest absolute Gasteiger partial charge is 0.493 e. The van der Waals surface area contributed by atoms with E-state index in [1.54, 1.807) is 71.0 Å². The number of pyridine rings is 1. The smallest absolute Gasteiger partial charge is 0.262 e. The monoisotopic (exact) mass is 485 g/mol. The van der Waals surface area contributed by atoms with E-state index < -0.39 is 0 Å². The molecule has 0 fully saturated rings. The van der Waals surface area contributed by atoms with Crippen LogP contribution in [0.4, 0.5) is 0 Å². The molecule has 0 aliphatic carbocycles. The van der Waals surface area contributed by atoms with E-state index in [2.05, 4.69) is 10.1 Å². The third-order valence-corrected chi connectivity index (χ3v) is 5.87. The average Bonchev–Trinajstić information content (AvgIpc) is 3.42. The van der Waals surface area contributed by atoms with E-state index in [0.29, 0.717) is 56.4 Å². The molecule has 2 heterocycles. The van der Waals surface area contributed by atoms with Gasteiger partial charge >= 0.3 is 0 Å². The Hall–Kier alpha value is -4.79. The summed E-state index contributed by atoms with van der Waals surface area (Å²) in [7, 11) is 6.24. The van der Waals surface area contributed by atoms with Crippen LogP contribution in [0.5, 0.6) is 23.0 Å². The molecule has 3 aromatic carbocycles. The van der Waals surface area contributed by atoms with Gasteiger partial charge in [-0.15, -0.1) is 0 Å². The van der Waals surface area contributed by atoms with E-state index in [4.69, 9.17) is 23.5 Å². The minimum Gasteiger partial charge on any atom is -0.493 e. The van der Waals surface area contributed by atoms with E-state index in [0.717, 1.165) is 0 Å². The zero-order chi connectivity index (χ0) is 25.2. The topological polar surface area (TPSA) is 97.8 Å². The summed E-state index contributed by atoms with van der Waals surface area (Å²) in [5.74, 6) is 2.85. The molecule has 5 rings (SSSR count). The van der Waals surface area contributed by atoms with Crippen LogP contribution >= 0.6 is 0 Å². The van der Waals surface area contributed by atoms with Gasteiger partial charge in [-0.3, -0.25) is 9.36 Å². The van der Waals surface area contributed by atoms with Crippen LogP contribution in [-0.2, 0) is 0 Å². The van der Waals surface area contributed by atoms with Crippen LogP contribution < -0.4 is 24.5 Å². The Balaban J connectivity index is 1.67. The minimum absolute atomic E-state index is 0.193. The lowest BCUT2D eigenvalue weighted by molar-refractivity contribution is 0.355. The van der Waals surface area contributed by atoms with Crippen molar-refractivity contribution in [2.45, 2.75) is 0 Å². The van der Waals surface area contributed by atoms with Gasteiger partial charge < -0.3 is 23.5 Å². The van der Waals surface area contributed by atoms with Crippen LogP contribution in [0.1, 0.15) is 0 Å². The molecule has 0 bridgehead atoms. The highest BCUT2D eigenvalue weighted by molar-refractivity contribution is 5.94. The Labute approximate surface area is 206 Å². The van der Waals surface area contributed by atoms with E-state index in [1.807, 2.05) is 24.3 Å². The number of ether oxygens (including phenoxy) is 4. The maximum absolute atomic E-state index is 13.4. The summed E-state index contributed by atoms with van der Waals surface area (Å²) in [5, 5.41) is 5.37. The fourth-order valence-corrected chi connectivity index (χ4v) is 4.05. The maximum atomic E-state index is 13.4. The van der Waals surface area contributed by atoms with Gasteiger partial charge in [-0.1, -0.05) is 23.4 Å². The summed E-state index contributed by atoms with van der Waals surface area (Å²) >= 11 is 0. The molecular weight excluding hydrogens is 462 g/mol. The lowest BCUT2D eigenvalue weighted by atomic mass is 10.1. The maximum Gasteiger partial charge on any atom is 0.262 e. The quantitative estimate of drug-likeness (QED) is 0.326. The number of fused-ring (bicyclic) bond motifs is 1. The van der Waals surface area contributed by atoms with Crippen LogP contribution in [0.25, 0.3) is 39.3 Å². The normalized spacial score (nSPS) is 10.9. The van der Waals surface area contributed by atoms with Crippen molar-refractivity contribution in [2.24, 2.45) is 0 Å². The molecule has 9 heteroatoms. The lowest BCUT2D eigenvalue weighted by Crippen LogP contribution is -2.18. The molecule has 0 amide bonds. The third-order valence-electron chi connectivity index (χ3n) is 5.87. The molecule has 182 valence electrons. The molecule has 0 aliphatic heterocycles. The standard InChI is InChI=1S/C27H23N3O6/c1-32-21-11-9-16(13-23(21)34-3)25-28-26(36-29-25)20-15-30(27(31)19-8-6-5-7-18(19)20)17-10-12-22(33-2)24(14-17)35-4/h5-15H,1-4H3. The van der Waals surface area contributed by atoms with Crippen molar-refractivity contribution in [1.29, 1.82) is 0 Å². The summed E-state index contributed by atoms with van der Waals surface area (Å²) in [6.45, 7) is 0. The molecule has 0 radical (unpaired) electrons. The summed E-state index contributed by atoms with van der Waals surface area (Å²) in [6, 6.07) is 17.9. The van der Waals surface area contributed by atoms with Crippen molar-refractivity contribution in [3.8, 4) is 51.5 Å². The van der Waals surface area contributed by atoms with E-state index in [1.165, 1.54) is 4.57 Å². The second-order valence-corrected chi connectivity index (χ2v) is 7.80. The molecule has 9 nitrogen and oxygen atoms in total. The van der Waals surface area contributed by atoms with Crippen molar-refractivity contribution in [3.05, 3.63) is 77.2 Å². The number of aromatic nitrogens is 3. The van der Waals surface area contributed by atoms with Gasteiger partial charge in [0.25, 0.3) is 11.4 Å². The van der Waals surface area contributed by atoms with Crippen LogP contribution in [0, 0.1) is 0 Å². The molecule has 0 aliphatic rings. The van der Waals surface area contributed by atoms with Crippen LogP contribution in [-0.4, -0.2) is 43.1 Å². The summed E-state index contributed by atoms with van der Waals surface area (Å²) in [5.41, 5.74) is 1.71. The molecule has 0 unspecified atom stereocenters. The number of hydrogen-bond donors (Lipinski definition) is 0. The first kappa shape index (κ1) is 23.0. The summed E-state index contributed by atoms with van der Waals surface area (Å²) in [6.07, 6.45) is 1.69. The van der Waals surface area contributed by atoms with Gasteiger partial charge in [-0.05, 0) is 36.4 Å². The van der Waals surface area contributed by atoms with E-state index >= 15 is 0 Å². The highest BCUT2D eigenvalue weighted by Crippen LogP contribution is 2.34.